The van der Waals surface area contributed by atoms with E-state index < -0.39 is 46.9 Å². The molecule has 0 aromatic carbocycles. The Balaban J connectivity index is -0.000000165. The average Bonchev–Trinajstić information content (AvgIpc) is 1.98. The number of quaternary nitrogens is 6. The van der Waals surface area contributed by atoms with Crippen molar-refractivity contribution in [3.05, 3.63) is 0 Å². The summed E-state index contributed by atoms with van der Waals surface area (Å²) >= 11 is 0. The topological polar surface area (TPSA) is 547 Å². The van der Waals surface area contributed by atoms with Crippen molar-refractivity contribution in [2.24, 2.45) is 0 Å². The van der Waals surface area contributed by atoms with Crippen LogP contribution in [0.3, 0.4) is 0 Å². The van der Waals surface area contributed by atoms with Crippen LogP contribution in [0.1, 0.15) is 0 Å². The van der Waals surface area contributed by atoms with Gasteiger partial charge in [0.2, 0.25) is 0 Å². The maximum absolute atomic E-state index is 11.0. The van der Waals surface area contributed by atoms with Crippen molar-refractivity contribution >= 4 is 46.9 Å². The summed E-state index contributed by atoms with van der Waals surface area (Å²) in [4.78, 5) is 65.8. The zero-order valence-corrected chi connectivity index (χ0v) is 21.9. The Kier molecular flexibility index (Phi) is 23.3. The van der Waals surface area contributed by atoms with Gasteiger partial charge in [-0.2, -0.15) is 0 Å². The third-order valence-electron chi connectivity index (χ3n) is 1.20. The van der Waals surface area contributed by atoms with Crippen molar-refractivity contribution in [2.45, 2.75) is 0 Å². The lowest BCUT2D eigenvalue weighted by molar-refractivity contribution is -0.261. The van der Waals surface area contributed by atoms with E-state index >= 15 is 0 Å². The fourth-order valence-electron chi connectivity index (χ4n) is 0.824. The van der Waals surface area contributed by atoms with Gasteiger partial charge in [-0.25, -0.2) is 25.9 Å². The summed E-state index contributed by atoms with van der Waals surface area (Å²) in [6.07, 6.45) is 0. The molecule has 0 spiro atoms. The van der Waals surface area contributed by atoms with E-state index in [0.29, 0.717) is 0 Å². The summed E-state index contributed by atoms with van der Waals surface area (Å²) in [5.74, 6) is 0. The second-order valence-electron chi connectivity index (χ2n) is 3.17. The van der Waals surface area contributed by atoms with Gasteiger partial charge in [0.1, 0.15) is 0 Å². The molecule has 31 heteroatoms. The lowest BCUT2D eigenvalue weighted by Gasteiger charge is -2.41. The molecule has 0 aromatic heterocycles. The summed E-state index contributed by atoms with van der Waals surface area (Å²) in [5, 5.41) is 0. The molecule has 0 saturated carbocycles. The molecule has 1 rings (SSSR count). The van der Waals surface area contributed by atoms with Crippen molar-refractivity contribution in [1.82, 2.24) is 36.9 Å². The molecule has 1 heterocycles. The van der Waals surface area contributed by atoms with Gasteiger partial charge in [-0.3, -0.25) is 27.4 Å². The Hall–Kier alpha value is 0.620. The summed E-state index contributed by atoms with van der Waals surface area (Å²) in [6, 6.07) is 0. The standard InChI is InChI=1S/6H3N.H6O18P6.H2O/c;;;;;;1-19(2)13-20(3,4)15-22(7,8)17-24(11,12)18-23(9,10)16-21(5,6)14-19;/h6*1H3;(H,1,2)(H,3,4)(H,5,6)(H,7,8)(H,9,10)(H,11,12);1H2. The SMILES string of the molecule is O.O=P1([O-])OP(=O)([O-])OP(=O)([O-])OP(=O)([O-])OP(=O)([O-])OP(=O)([O-])O1.[NH4+].[NH4+].[NH4+].[NH4+].[NH4+].[NH4+]. The quantitative estimate of drug-likeness (QED) is 0.169. The second kappa shape index (κ2) is 14.8. The van der Waals surface area contributed by atoms with E-state index in [4.69, 9.17) is 0 Å². The van der Waals surface area contributed by atoms with Crippen molar-refractivity contribution in [1.29, 1.82) is 0 Å². The van der Waals surface area contributed by atoms with Crippen LogP contribution in [0, 0.1) is 0 Å². The van der Waals surface area contributed by atoms with E-state index in [1.807, 2.05) is 0 Å². The minimum Gasteiger partial charge on any atom is -0.756 e. The molecule has 0 bridgehead atoms. The first-order chi connectivity index (χ1) is 10.2. The first kappa shape index (κ1) is 48.9. The van der Waals surface area contributed by atoms with Crippen LogP contribution in [0.5, 0.6) is 0 Å². The van der Waals surface area contributed by atoms with Crippen LogP contribution in [0.2, 0.25) is 0 Å². The second-order valence-corrected chi connectivity index (χ2v) is 12.5. The maximum Gasteiger partial charge on any atom is 0.280 e. The lowest BCUT2D eigenvalue weighted by atomic mass is 14.0. The molecule has 1 aliphatic heterocycles. The summed E-state index contributed by atoms with van der Waals surface area (Å²) < 4.78 is 83.4. The third-order valence-corrected chi connectivity index (χ3v) is 10.8. The zero-order chi connectivity index (χ0) is 19.2. The maximum atomic E-state index is 11.0. The molecule has 0 unspecified atom stereocenters. The first-order valence-electron chi connectivity index (χ1n) is 4.38. The van der Waals surface area contributed by atoms with Gasteiger partial charge in [-0.15, -0.1) is 0 Å². The van der Waals surface area contributed by atoms with Crippen LogP contribution in [0.25, 0.3) is 0 Å². The van der Waals surface area contributed by atoms with Crippen molar-refractivity contribution in [3.8, 4) is 0 Å². The molecule has 1 saturated heterocycles. The number of phosphoric acid groups is 6. The Morgan fingerprint density at radius 2 is 0.387 bits per heavy atom. The highest BCUT2D eigenvalue weighted by molar-refractivity contribution is 7.73. The fraction of sp³-hybridized carbons (Fsp3) is 0. The van der Waals surface area contributed by atoms with Gasteiger partial charge in [0, 0.05) is 0 Å². The molecule has 26 N–H and O–H groups in total. The molecule has 0 amide bonds. The zero-order valence-electron chi connectivity index (χ0n) is 16.5. The smallest absolute Gasteiger partial charge is 0.280 e. The Morgan fingerprint density at radius 1 is 0.323 bits per heavy atom. The Morgan fingerprint density at radius 3 is 0.452 bits per heavy atom. The van der Waals surface area contributed by atoms with Gasteiger partial charge in [0.25, 0.3) is 46.9 Å². The van der Waals surface area contributed by atoms with Crippen LogP contribution in [-0.4, -0.2) is 5.48 Å². The molecule has 31 heavy (non-hydrogen) atoms. The predicted octanol–water partition coefficient (Wildman–Crippen LogP) is -1.66. The Labute approximate surface area is 172 Å². The minimum atomic E-state index is -6.56. The highest BCUT2D eigenvalue weighted by Gasteiger charge is 2.36. The summed E-state index contributed by atoms with van der Waals surface area (Å²) in [6.45, 7) is 0. The van der Waals surface area contributed by atoms with Gasteiger partial charge in [-0.05, 0) is 0 Å². The van der Waals surface area contributed by atoms with Crippen molar-refractivity contribution < 1.29 is 88.1 Å². The normalized spacial score (nSPS) is 42.8. The predicted molar refractivity (Wildman–Crippen MR) is 91.7 cm³/mol. The van der Waals surface area contributed by atoms with Crippen LogP contribution >= 0.6 is 46.9 Å². The molecule has 25 nitrogen and oxygen atoms in total. The largest absolute Gasteiger partial charge is 0.756 e. The van der Waals surface area contributed by atoms with E-state index in [-0.39, 0.29) is 42.4 Å². The van der Waals surface area contributed by atoms with E-state index in [9.17, 15) is 56.8 Å². The molecule has 0 atom stereocenters. The monoisotopic (exact) mass is 600 g/mol. The van der Waals surface area contributed by atoms with Crippen LogP contribution in [0.4, 0.5) is 0 Å². The van der Waals surface area contributed by atoms with Gasteiger partial charge < -0.3 is 71.7 Å². The third kappa shape index (κ3) is 18.7. The fourth-order valence-corrected chi connectivity index (χ4v) is 9.03. The van der Waals surface area contributed by atoms with Gasteiger partial charge >= 0.3 is 0 Å². The molecule has 1 fully saturated rings. The van der Waals surface area contributed by atoms with E-state index in [0.717, 1.165) is 0 Å². The van der Waals surface area contributed by atoms with Crippen LogP contribution < -0.4 is 66.3 Å². The Bertz CT molecular complexity index is 597. The summed E-state index contributed by atoms with van der Waals surface area (Å²) in [5.41, 5.74) is 0. The molecular weight excluding hydrogens is 574 g/mol. The first-order valence-corrected chi connectivity index (χ1v) is 13.1. The highest BCUT2D eigenvalue weighted by Crippen LogP contribution is 2.74. The molecule has 0 aromatic rings. The van der Waals surface area contributed by atoms with E-state index in [1.54, 1.807) is 0 Å². The lowest BCUT2D eigenvalue weighted by Crippen LogP contribution is -2.21. The van der Waals surface area contributed by atoms with Gasteiger partial charge in [0.05, 0.1) is 0 Å². The molecule has 0 aliphatic carbocycles. The van der Waals surface area contributed by atoms with Crippen LogP contribution in [0.15, 0.2) is 0 Å². The molecular formula is H26N6O19P6. The van der Waals surface area contributed by atoms with E-state index in [2.05, 4.69) is 25.9 Å². The number of rotatable bonds is 0. The van der Waals surface area contributed by atoms with Crippen molar-refractivity contribution in [2.75, 3.05) is 0 Å². The van der Waals surface area contributed by atoms with Gasteiger partial charge in [0.15, 0.2) is 0 Å². The van der Waals surface area contributed by atoms with Gasteiger partial charge in [-0.1, -0.05) is 0 Å². The molecule has 1 aliphatic rings. The molecule has 200 valence electrons. The molecule has 0 radical (unpaired) electrons. The average molecular weight is 600 g/mol. The van der Waals surface area contributed by atoms with Crippen molar-refractivity contribution in [3.63, 3.8) is 0 Å². The number of hydrogen-bond acceptors (Lipinski definition) is 18. The summed E-state index contributed by atoms with van der Waals surface area (Å²) in [7, 11) is -39.3. The highest BCUT2D eigenvalue weighted by atomic mass is 31.3. The van der Waals surface area contributed by atoms with E-state index in [1.165, 1.54) is 0 Å². The number of hydrogen-bond donors (Lipinski definition) is 6. The van der Waals surface area contributed by atoms with Crippen LogP contribution in [-0.2, 0) is 53.3 Å². The minimum absolute atomic E-state index is 0.